The highest BCUT2D eigenvalue weighted by Gasteiger charge is 2.38. The van der Waals surface area contributed by atoms with Crippen molar-refractivity contribution in [2.24, 2.45) is 5.73 Å². The van der Waals surface area contributed by atoms with Gasteiger partial charge in [-0.05, 0) is 39.2 Å². The fraction of sp³-hybridized carbons (Fsp3) is 0.923. The average Bonchev–Trinajstić information content (AvgIpc) is 2.29. The third-order valence-electron chi connectivity index (χ3n) is 4.73. The molecule has 0 radical (unpaired) electrons. The second kappa shape index (κ2) is 6.25. The number of rotatable bonds is 5. The standard InChI is InChI=1S/C13H25N3O2S2/c1-3-12(13(14)19)20(17,18)15-9-7-10-5-4-6-11(8-9)16(10)2/h9-12,15H,3-8H2,1-2H3,(H2,14,19). The van der Waals surface area contributed by atoms with Crippen molar-refractivity contribution in [1.82, 2.24) is 9.62 Å². The molecule has 2 saturated heterocycles. The maximum Gasteiger partial charge on any atom is 0.221 e. The first kappa shape index (κ1) is 16.1. The number of nitrogens with one attached hydrogen (secondary N) is 1. The molecule has 3 unspecified atom stereocenters. The minimum absolute atomic E-state index is 0.0231. The monoisotopic (exact) mass is 319 g/mol. The molecular weight excluding hydrogens is 294 g/mol. The Kier molecular flexibility index (Phi) is 5.05. The quantitative estimate of drug-likeness (QED) is 0.739. The molecule has 0 aromatic heterocycles. The van der Waals surface area contributed by atoms with Gasteiger partial charge < -0.3 is 10.6 Å². The molecule has 0 spiro atoms. The molecule has 2 heterocycles. The highest BCUT2D eigenvalue weighted by atomic mass is 32.2. The van der Waals surface area contributed by atoms with E-state index < -0.39 is 15.3 Å². The average molecular weight is 319 g/mol. The fourth-order valence-corrected chi connectivity index (χ4v) is 5.71. The second-order valence-electron chi connectivity index (χ2n) is 6.03. The van der Waals surface area contributed by atoms with Crippen molar-refractivity contribution in [3.8, 4) is 0 Å². The number of fused-ring (bicyclic) bond motifs is 2. The predicted molar refractivity (Wildman–Crippen MR) is 85.1 cm³/mol. The van der Waals surface area contributed by atoms with E-state index in [9.17, 15) is 8.42 Å². The Morgan fingerprint density at radius 3 is 2.40 bits per heavy atom. The molecule has 116 valence electrons. The predicted octanol–water partition coefficient (Wildman–Crippen LogP) is 0.986. The topological polar surface area (TPSA) is 75.4 Å². The number of hydrogen-bond donors (Lipinski definition) is 2. The van der Waals surface area contributed by atoms with Crippen LogP contribution in [0.5, 0.6) is 0 Å². The van der Waals surface area contributed by atoms with E-state index in [-0.39, 0.29) is 11.0 Å². The van der Waals surface area contributed by atoms with E-state index in [1.54, 1.807) is 6.92 Å². The lowest BCUT2D eigenvalue weighted by molar-refractivity contribution is 0.0536. The van der Waals surface area contributed by atoms with E-state index >= 15 is 0 Å². The summed E-state index contributed by atoms with van der Waals surface area (Å²) in [6, 6.07) is 1.02. The lowest BCUT2D eigenvalue weighted by atomic mass is 9.83. The summed E-state index contributed by atoms with van der Waals surface area (Å²) >= 11 is 4.88. The van der Waals surface area contributed by atoms with Gasteiger partial charge in [0.05, 0.1) is 4.99 Å². The van der Waals surface area contributed by atoms with E-state index in [1.807, 2.05) is 0 Å². The van der Waals surface area contributed by atoms with Crippen LogP contribution in [0.4, 0.5) is 0 Å². The first-order chi connectivity index (χ1) is 9.35. The lowest BCUT2D eigenvalue weighted by Crippen LogP contribution is -2.56. The zero-order valence-electron chi connectivity index (χ0n) is 12.2. The van der Waals surface area contributed by atoms with Crippen molar-refractivity contribution in [3.63, 3.8) is 0 Å². The number of nitrogens with two attached hydrogens (primary N) is 1. The van der Waals surface area contributed by atoms with E-state index in [4.69, 9.17) is 18.0 Å². The van der Waals surface area contributed by atoms with Crippen LogP contribution >= 0.6 is 12.2 Å². The number of sulfonamides is 1. The Balaban J connectivity index is 2.05. The first-order valence-corrected chi connectivity index (χ1v) is 9.33. The van der Waals surface area contributed by atoms with Crippen molar-refractivity contribution < 1.29 is 8.42 Å². The Morgan fingerprint density at radius 1 is 1.40 bits per heavy atom. The largest absolute Gasteiger partial charge is 0.392 e. The van der Waals surface area contributed by atoms with Crippen molar-refractivity contribution in [2.45, 2.75) is 68.8 Å². The number of piperidine rings is 2. The molecule has 2 aliphatic heterocycles. The van der Waals surface area contributed by atoms with Crippen LogP contribution in [0.15, 0.2) is 0 Å². The van der Waals surface area contributed by atoms with Crippen LogP contribution in [0.1, 0.15) is 45.4 Å². The van der Waals surface area contributed by atoms with E-state index in [0.717, 1.165) is 25.7 Å². The molecule has 0 aromatic rings. The molecule has 3 N–H and O–H groups in total. The van der Waals surface area contributed by atoms with E-state index in [0.29, 0.717) is 18.5 Å². The molecule has 0 saturated carbocycles. The smallest absolute Gasteiger partial charge is 0.221 e. The maximum atomic E-state index is 12.4. The SMILES string of the molecule is CCC(C(N)=S)S(=O)(=O)NC1CC2CCCC(C1)N2C. The minimum Gasteiger partial charge on any atom is -0.392 e. The molecule has 3 atom stereocenters. The summed E-state index contributed by atoms with van der Waals surface area (Å²) in [5.74, 6) is 0. The van der Waals surface area contributed by atoms with Gasteiger partial charge in [-0.15, -0.1) is 0 Å². The molecule has 0 aliphatic carbocycles. The van der Waals surface area contributed by atoms with Crippen molar-refractivity contribution >= 4 is 27.2 Å². The summed E-state index contributed by atoms with van der Waals surface area (Å²) in [5.41, 5.74) is 5.56. The van der Waals surface area contributed by atoms with Crippen LogP contribution in [-0.4, -0.2) is 48.7 Å². The molecular formula is C13H25N3O2S2. The number of nitrogens with zero attached hydrogens (tertiary/aromatic N) is 1. The summed E-state index contributed by atoms with van der Waals surface area (Å²) < 4.78 is 27.6. The van der Waals surface area contributed by atoms with Crippen LogP contribution < -0.4 is 10.5 Å². The highest BCUT2D eigenvalue weighted by Crippen LogP contribution is 2.33. The van der Waals surface area contributed by atoms with Crippen LogP contribution in [-0.2, 0) is 10.0 Å². The summed E-state index contributed by atoms with van der Waals surface area (Å²) in [7, 11) is -1.30. The van der Waals surface area contributed by atoms with E-state index in [1.165, 1.54) is 6.42 Å². The Bertz CT molecular complexity index is 452. The van der Waals surface area contributed by atoms with Crippen molar-refractivity contribution in [1.29, 1.82) is 0 Å². The van der Waals surface area contributed by atoms with Gasteiger partial charge in [0, 0.05) is 18.1 Å². The van der Waals surface area contributed by atoms with Gasteiger partial charge in [-0.3, -0.25) is 0 Å². The molecule has 2 fully saturated rings. The summed E-state index contributed by atoms with van der Waals surface area (Å²) in [5, 5.41) is -0.753. The van der Waals surface area contributed by atoms with Gasteiger partial charge in [-0.1, -0.05) is 25.6 Å². The maximum absolute atomic E-state index is 12.4. The van der Waals surface area contributed by atoms with Crippen molar-refractivity contribution in [3.05, 3.63) is 0 Å². The third kappa shape index (κ3) is 3.32. The van der Waals surface area contributed by atoms with Gasteiger partial charge in [0.2, 0.25) is 10.0 Å². The highest BCUT2D eigenvalue weighted by molar-refractivity contribution is 7.93. The zero-order valence-corrected chi connectivity index (χ0v) is 13.8. The second-order valence-corrected chi connectivity index (χ2v) is 8.40. The minimum atomic E-state index is -3.45. The molecule has 2 aliphatic rings. The lowest BCUT2D eigenvalue weighted by Gasteiger charge is -2.47. The normalized spacial score (nSPS) is 32.8. The molecule has 20 heavy (non-hydrogen) atoms. The number of thiocarbonyl (C=S) groups is 1. The summed E-state index contributed by atoms with van der Waals surface area (Å²) in [4.78, 5) is 2.48. The van der Waals surface area contributed by atoms with Crippen LogP contribution in [0.3, 0.4) is 0 Å². The van der Waals surface area contributed by atoms with Crippen LogP contribution in [0.25, 0.3) is 0 Å². The van der Waals surface area contributed by atoms with Crippen LogP contribution in [0, 0.1) is 0 Å². The van der Waals surface area contributed by atoms with E-state index in [2.05, 4.69) is 16.7 Å². The molecule has 7 heteroatoms. The Labute approximate surface area is 127 Å². The third-order valence-corrected chi connectivity index (χ3v) is 7.17. The number of hydrogen-bond acceptors (Lipinski definition) is 4. The van der Waals surface area contributed by atoms with Gasteiger partial charge in [-0.25, -0.2) is 13.1 Å². The van der Waals surface area contributed by atoms with Gasteiger partial charge in [0.25, 0.3) is 0 Å². The fourth-order valence-electron chi connectivity index (χ4n) is 3.60. The molecule has 0 amide bonds. The molecule has 2 bridgehead atoms. The molecule has 5 nitrogen and oxygen atoms in total. The Hall–Kier alpha value is -0.240. The summed E-state index contributed by atoms with van der Waals surface area (Å²) in [6.07, 6.45) is 5.78. The summed E-state index contributed by atoms with van der Waals surface area (Å²) in [6.45, 7) is 1.80. The van der Waals surface area contributed by atoms with Gasteiger partial charge in [0.1, 0.15) is 5.25 Å². The molecule has 2 rings (SSSR count). The first-order valence-electron chi connectivity index (χ1n) is 7.37. The zero-order chi connectivity index (χ0) is 14.9. The Morgan fingerprint density at radius 2 is 1.95 bits per heavy atom. The van der Waals surface area contributed by atoms with Gasteiger partial charge >= 0.3 is 0 Å². The molecule has 0 aromatic carbocycles. The van der Waals surface area contributed by atoms with Crippen LogP contribution in [0.2, 0.25) is 0 Å². The van der Waals surface area contributed by atoms with Crippen molar-refractivity contribution in [2.75, 3.05) is 7.05 Å². The van der Waals surface area contributed by atoms with Gasteiger partial charge in [0.15, 0.2) is 0 Å². The van der Waals surface area contributed by atoms with Gasteiger partial charge in [-0.2, -0.15) is 0 Å².